The number of rotatable bonds is 7. The third kappa shape index (κ3) is 4.08. The van der Waals surface area contributed by atoms with E-state index in [-0.39, 0.29) is 17.6 Å². The molecule has 144 valence electrons. The van der Waals surface area contributed by atoms with Gasteiger partial charge in [-0.25, -0.2) is 0 Å². The molecule has 0 unspecified atom stereocenters. The highest BCUT2D eigenvalue weighted by atomic mass is 16.5. The average Bonchev–Trinajstić information content (AvgIpc) is 3.46. The van der Waals surface area contributed by atoms with Gasteiger partial charge in [0.05, 0.1) is 17.5 Å². The molecule has 0 aliphatic rings. The number of ether oxygens (including phenoxy) is 1. The van der Waals surface area contributed by atoms with Gasteiger partial charge in [0.1, 0.15) is 12.4 Å². The topological polar surface area (TPSA) is 90.4 Å². The van der Waals surface area contributed by atoms with Gasteiger partial charge in [0.25, 0.3) is 5.91 Å². The number of nitrogens with one attached hydrogen (secondary N) is 1. The number of anilines is 1. The Bertz CT molecular complexity index is 1120. The van der Waals surface area contributed by atoms with Crippen molar-refractivity contribution in [3.05, 3.63) is 85.3 Å². The molecule has 1 N–H and O–H groups in total. The van der Waals surface area contributed by atoms with Crippen LogP contribution >= 0.6 is 0 Å². The van der Waals surface area contributed by atoms with E-state index < -0.39 is 0 Å². The molecule has 0 spiro atoms. The zero-order valence-corrected chi connectivity index (χ0v) is 15.4. The molecule has 7 nitrogen and oxygen atoms in total. The Morgan fingerprint density at radius 1 is 1.07 bits per heavy atom. The lowest BCUT2D eigenvalue weighted by molar-refractivity contribution is 0.0996. The minimum atomic E-state index is -0.390. The largest absolute Gasteiger partial charge is 0.490 e. The lowest BCUT2D eigenvalue weighted by Gasteiger charge is -2.10. The van der Waals surface area contributed by atoms with Gasteiger partial charge in [0.2, 0.25) is 11.8 Å². The number of hydrogen-bond donors (Lipinski definition) is 1. The van der Waals surface area contributed by atoms with Gasteiger partial charge >= 0.3 is 0 Å². The van der Waals surface area contributed by atoms with Crippen LogP contribution in [0.25, 0.3) is 22.9 Å². The monoisotopic (exact) mass is 387 g/mol. The van der Waals surface area contributed by atoms with Crippen LogP contribution in [0.2, 0.25) is 0 Å². The Hall–Kier alpha value is -4.13. The van der Waals surface area contributed by atoms with E-state index in [1.165, 1.54) is 6.26 Å². The summed E-state index contributed by atoms with van der Waals surface area (Å²) in [7, 11) is 0. The van der Waals surface area contributed by atoms with Crippen molar-refractivity contribution in [2.75, 3.05) is 11.9 Å². The van der Waals surface area contributed by atoms with E-state index in [9.17, 15) is 4.79 Å². The number of carbonyl (C=O) groups is 1. The first-order valence-corrected chi connectivity index (χ1v) is 8.86. The first-order chi connectivity index (χ1) is 14.2. The summed E-state index contributed by atoms with van der Waals surface area (Å²) in [4.78, 5) is 12.4. The fourth-order valence-corrected chi connectivity index (χ4v) is 2.68. The molecule has 2 aromatic heterocycles. The molecule has 0 fully saturated rings. The van der Waals surface area contributed by atoms with Crippen LogP contribution in [0.15, 0.2) is 88.4 Å². The van der Waals surface area contributed by atoms with Gasteiger partial charge in [0.15, 0.2) is 5.76 Å². The second kappa shape index (κ2) is 8.26. The SMILES string of the molecule is C=CCOc1ccc(NC(=O)c2ccco2)c(-c2nnc(-c3ccccc3)o2)c1. The smallest absolute Gasteiger partial charge is 0.291 e. The van der Waals surface area contributed by atoms with Gasteiger partial charge in [-0.05, 0) is 42.5 Å². The number of carbonyl (C=O) groups excluding carboxylic acids is 1. The van der Waals surface area contributed by atoms with Crippen molar-refractivity contribution in [3.8, 4) is 28.7 Å². The van der Waals surface area contributed by atoms with E-state index in [4.69, 9.17) is 13.6 Å². The Labute approximate surface area is 166 Å². The van der Waals surface area contributed by atoms with E-state index in [2.05, 4.69) is 22.1 Å². The van der Waals surface area contributed by atoms with Crippen molar-refractivity contribution in [2.45, 2.75) is 0 Å². The summed E-state index contributed by atoms with van der Waals surface area (Å²) in [6.07, 6.45) is 3.08. The normalized spacial score (nSPS) is 10.5. The molecule has 7 heteroatoms. The first-order valence-electron chi connectivity index (χ1n) is 8.86. The van der Waals surface area contributed by atoms with Crippen LogP contribution in [0.5, 0.6) is 5.75 Å². The molecular weight excluding hydrogens is 370 g/mol. The van der Waals surface area contributed by atoms with Crippen molar-refractivity contribution in [1.29, 1.82) is 0 Å². The van der Waals surface area contributed by atoms with Gasteiger partial charge in [-0.3, -0.25) is 4.79 Å². The molecule has 0 aliphatic carbocycles. The maximum Gasteiger partial charge on any atom is 0.291 e. The van der Waals surface area contributed by atoms with Crippen LogP contribution in [-0.2, 0) is 0 Å². The van der Waals surface area contributed by atoms with E-state index in [0.29, 0.717) is 29.5 Å². The summed E-state index contributed by atoms with van der Waals surface area (Å²) >= 11 is 0. The van der Waals surface area contributed by atoms with Crippen LogP contribution in [0.1, 0.15) is 10.6 Å². The van der Waals surface area contributed by atoms with E-state index in [0.717, 1.165) is 5.56 Å². The third-order valence-electron chi connectivity index (χ3n) is 4.03. The summed E-state index contributed by atoms with van der Waals surface area (Å²) in [5, 5.41) is 11.1. The Balaban J connectivity index is 1.70. The minimum absolute atomic E-state index is 0.193. The number of benzene rings is 2. The number of furan rings is 1. The number of amides is 1. The zero-order chi connectivity index (χ0) is 20.1. The number of nitrogens with zero attached hydrogens (tertiary/aromatic N) is 2. The predicted octanol–water partition coefficient (Wildman–Crippen LogP) is 4.81. The van der Waals surface area contributed by atoms with E-state index in [1.54, 1.807) is 36.4 Å². The molecule has 4 aromatic rings. The Kier molecular flexibility index (Phi) is 5.20. The van der Waals surface area contributed by atoms with Crippen molar-refractivity contribution < 1.29 is 18.4 Å². The fraction of sp³-hybridized carbons (Fsp3) is 0.0455. The number of aromatic nitrogens is 2. The van der Waals surface area contributed by atoms with Crippen LogP contribution in [0.3, 0.4) is 0 Å². The van der Waals surface area contributed by atoms with Crippen LogP contribution in [0, 0.1) is 0 Å². The zero-order valence-electron chi connectivity index (χ0n) is 15.4. The maximum absolute atomic E-state index is 12.4. The van der Waals surface area contributed by atoms with Crippen LogP contribution in [-0.4, -0.2) is 22.7 Å². The molecule has 4 rings (SSSR count). The highest BCUT2D eigenvalue weighted by molar-refractivity contribution is 6.04. The average molecular weight is 387 g/mol. The standard InChI is InChI=1S/C22H17N3O4/c1-2-12-27-16-10-11-18(23-20(26)19-9-6-13-28-19)17(14-16)22-25-24-21(29-22)15-7-4-3-5-8-15/h2-11,13-14H,1,12H2,(H,23,26). The van der Waals surface area contributed by atoms with Crippen molar-refractivity contribution in [1.82, 2.24) is 10.2 Å². The number of hydrogen-bond acceptors (Lipinski definition) is 6. The molecular formula is C22H17N3O4. The molecule has 0 saturated carbocycles. The van der Waals surface area contributed by atoms with Gasteiger partial charge in [-0.2, -0.15) is 0 Å². The van der Waals surface area contributed by atoms with Gasteiger partial charge in [-0.1, -0.05) is 30.9 Å². The van der Waals surface area contributed by atoms with Gasteiger partial charge in [0, 0.05) is 5.56 Å². The van der Waals surface area contributed by atoms with Crippen LogP contribution < -0.4 is 10.1 Å². The van der Waals surface area contributed by atoms with E-state index in [1.807, 2.05) is 30.3 Å². The highest BCUT2D eigenvalue weighted by Gasteiger charge is 2.18. The van der Waals surface area contributed by atoms with E-state index >= 15 is 0 Å². The highest BCUT2D eigenvalue weighted by Crippen LogP contribution is 2.33. The minimum Gasteiger partial charge on any atom is -0.490 e. The maximum atomic E-state index is 12.4. The molecule has 0 aliphatic heterocycles. The molecule has 2 heterocycles. The van der Waals surface area contributed by atoms with Crippen LogP contribution in [0.4, 0.5) is 5.69 Å². The quantitative estimate of drug-likeness (QED) is 0.458. The molecule has 0 bridgehead atoms. The molecule has 2 aromatic carbocycles. The predicted molar refractivity (Wildman–Crippen MR) is 108 cm³/mol. The van der Waals surface area contributed by atoms with Crippen molar-refractivity contribution in [2.24, 2.45) is 0 Å². The lowest BCUT2D eigenvalue weighted by atomic mass is 10.1. The van der Waals surface area contributed by atoms with Gasteiger partial charge < -0.3 is 18.9 Å². The molecule has 1 amide bonds. The Morgan fingerprint density at radius 3 is 2.66 bits per heavy atom. The first kappa shape index (κ1) is 18.2. The van der Waals surface area contributed by atoms with Crippen molar-refractivity contribution in [3.63, 3.8) is 0 Å². The molecule has 0 saturated heterocycles. The summed E-state index contributed by atoms with van der Waals surface area (Å²) < 4.78 is 16.6. The molecule has 0 radical (unpaired) electrons. The summed E-state index contributed by atoms with van der Waals surface area (Å²) in [6.45, 7) is 3.99. The summed E-state index contributed by atoms with van der Waals surface area (Å²) in [6, 6.07) is 17.8. The molecule has 29 heavy (non-hydrogen) atoms. The second-order valence-electron chi connectivity index (χ2n) is 6.02. The third-order valence-corrected chi connectivity index (χ3v) is 4.03. The van der Waals surface area contributed by atoms with Crippen molar-refractivity contribution >= 4 is 11.6 Å². The summed E-state index contributed by atoms with van der Waals surface area (Å²) in [5.41, 5.74) is 1.81. The Morgan fingerprint density at radius 2 is 1.90 bits per heavy atom. The lowest BCUT2D eigenvalue weighted by Crippen LogP contribution is -2.11. The second-order valence-corrected chi connectivity index (χ2v) is 6.02. The summed E-state index contributed by atoms with van der Waals surface area (Å²) in [5.74, 6) is 1.01. The molecule has 0 atom stereocenters. The van der Waals surface area contributed by atoms with Gasteiger partial charge in [-0.15, -0.1) is 10.2 Å². The fourth-order valence-electron chi connectivity index (χ4n) is 2.68.